The van der Waals surface area contributed by atoms with Crippen LogP contribution in [-0.4, -0.2) is 42.4 Å². The summed E-state index contributed by atoms with van der Waals surface area (Å²) in [5, 5.41) is 3.96. The third-order valence-corrected chi connectivity index (χ3v) is 7.18. The molecule has 1 saturated heterocycles. The van der Waals surface area contributed by atoms with E-state index in [1.807, 2.05) is 38.1 Å². The topological polar surface area (TPSA) is 96.6 Å². The van der Waals surface area contributed by atoms with Gasteiger partial charge in [0.05, 0.1) is 11.4 Å². The number of anilines is 1. The predicted octanol–water partition coefficient (Wildman–Crippen LogP) is 3.30. The van der Waals surface area contributed by atoms with Crippen molar-refractivity contribution in [1.82, 2.24) is 14.4 Å². The summed E-state index contributed by atoms with van der Waals surface area (Å²) < 4.78 is 32.5. The first-order valence-electron chi connectivity index (χ1n) is 10.0. The lowest BCUT2D eigenvalue weighted by molar-refractivity contribution is -0.117. The van der Waals surface area contributed by atoms with Crippen LogP contribution in [0.5, 0.6) is 0 Å². The highest BCUT2D eigenvalue weighted by Crippen LogP contribution is 2.28. The van der Waals surface area contributed by atoms with Gasteiger partial charge in [-0.15, -0.1) is 0 Å². The molecule has 2 heterocycles. The summed E-state index contributed by atoms with van der Waals surface area (Å²) in [6.45, 7) is 4.41. The molecule has 1 aliphatic heterocycles. The maximum absolute atomic E-state index is 13.1. The molecule has 3 aromatic rings. The SMILES string of the molecule is Cc1ccc(-c2noc(CN(C)S(=O)(=O)c3ccc(N4CCCC4=O)c(C)c3)n2)cc1. The number of hydrogen-bond donors (Lipinski definition) is 0. The highest BCUT2D eigenvalue weighted by atomic mass is 32.2. The molecule has 2 aromatic carbocycles. The molecule has 1 fully saturated rings. The Labute approximate surface area is 181 Å². The fourth-order valence-corrected chi connectivity index (χ4v) is 4.79. The molecule has 1 aromatic heterocycles. The van der Waals surface area contributed by atoms with Gasteiger partial charge in [0, 0.05) is 31.3 Å². The van der Waals surface area contributed by atoms with Crippen LogP contribution in [0.25, 0.3) is 11.4 Å². The van der Waals surface area contributed by atoms with Crippen LogP contribution in [-0.2, 0) is 21.4 Å². The number of rotatable bonds is 6. The van der Waals surface area contributed by atoms with Crippen molar-refractivity contribution in [2.75, 3.05) is 18.5 Å². The molecule has 0 unspecified atom stereocenters. The Morgan fingerprint density at radius 1 is 1.13 bits per heavy atom. The van der Waals surface area contributed by atoms with E-state index in [1.165, 1.54) is 17.4 Å². The van der Waals surface area contributed by atoms with Crippen molar-refractivity contribution in [3.63, 3.8) is 0 Å². The Hall–Kier alpha value is -3.04. The molecule has 1 aliphatic rings. The Morgan fingerprint density at radius 2 is 1.87 bits per heavy atom. The van der Waals surface area contributed by atoms with Crippen LogP contribution in [0.4, 0.5) is 5.69 Å². The van der Waals surface area contributed by atoms with Gasteiger partial charge in [0.25, 0.3) is 0 Å². The minimum atomic E-state index is -3.77. The highest BCUT2D eigenvalue weighted by molar-refractivity contribution is 7.89. The number of hydrogen-bond acceptors (Lipinski definition) is 6. The second kappa shape index (κ2) is 8.24. The van der Waals surface area contributed by atoms with Crippen molar-refractivity contribution in [2.45, 2.75) is 38.1 Å². The van der Waals surface area contributed by atoms with E-state index in [2.05, 4.69) is 10.1 Å². The monoisotopic (exact) mass is 440 g/mol. The molecule has 9 heteroatoms. The van der Waals surface area contributed by atoms with Crippen molar-refractivity contribution >= 4 is 21.6 Å². The molecule has 8 nitrogen and oxygen atoms in total. The number of amides is 1. The van der Waals surface area contributed by atoms with Gasteiger partial charge < -0.3 is 9.42 Å². The zero-order valence-corrected chi connectivity index (χ0v) is 18.5. The van der Waals surface area contributed by atoms with Gasteiger partial charge in [0.2, 0.25) is 27.6 Å². The third-order valence-electron chi connectivity index (χ3n) is 5.38. The van der Waals surface area contributed by atoms with Crippen LogP contribution < -0.4 is 4.90 Å². The molecule has 0 spiro atoms. The summed E-state index contributed by atoms with van der Waals surface area (Å²) in [6, 6.07) is 12.5. The number of benzene rings is 2. The summed E-state index contributed by atoms with van der Waals surface area (Å²) >= 11 is 0. The van der Waals surface area contributed by atoms with E-state index in [0.717, 1.165) is 28.8 Å². The summed E-state index contributed by atoms with van der Waals surface area (Å²) in [5.41, 5.74) is 3.41. The zero-order valence-electron chi connectivity index (χ0n) is 17.7. The van der Waals surface area contributed by atoms with Crippen molar-refractivity contribution in [2.24, 2.45) is 0 Å². The number of carbonyl (C=O) groups is 1. The number of sulfonamides is 1. The van der Waals surface area contributed by atoms with Gasteiger partial charge in [-0.25, -0.2) is 8.42 Å². The molecular formula is C22H24N4O4S. The maximum Gasteiger partial charge on any atom is 0.243 e. The minimum absolute atomic E-state index is 0.0490. The molecule has 0 radical (unpaired) electrons. The normalized spacial score (nSPS) is 14.6. The quantitative estimate of drug-likeness (QED) is 0.583. The first kappa shape index (κ1) is 21.2. The summed E-state index contributed by atoms with van der Waals surface area (Å²) in [7, 11) is -2.30. The van der Waals surface area contributed by atoms with Gasteiger partial charge in [-0.1, -0.05) is 35.0 Å². The predicted molar refractivity (Wildman–Crippen MR) is 116 cm³/mol. The average molecular weight is 441 g/mol. The van der Waals surface area contributed by atoms with Gasteiger partial charge in [-0.2, -0.15) is 9.29 Å². The summed E-state index contributed by atoms with van der Waals surface area (Å²) in [5.74, 6) is 0.686. The molecule has 0 saturated carbocycles. The van der Waals surface area contributed by atoms with E-state index < -0.39 is 10.0 Å². The van der Waals surface area contributed by atoms with Gasteiger partial charge in [0.15, 0.2) is 0 Å². The Morgan fingerprint density at radius 3 is 2.52 bits per heavy atom. The Bertz CT molecular complexity index is 1220. The molecule has 0 aliphatic carbocycles. The summed E-state index contributed by atoms with van der Waals surface area (Å²) in [4.78, 5) is 18.2. The van der Waals surface area contributed by atoms with E-state index in [-0.39, 0.29) is 23.2 Å². The zero-order chi connectivity index (χ0) is 22.2. The van der Waals surface area contributed by atoms with E-state index in [9.17, 15) is 13.2 Å². The van der Waals surface area contributed by atoms with Crippen molar-refractivity contribution in [3.8, 4) is 11.4 Å². The van der Waals surface area contributed by atoms with Crippen molar-refractivity contribution in [1.29, 1.82) is 0 Å². The Balaban J connectivity index is 1.52. The lowest BCUT2D eigenvalue weighted by atomic mass is 10.1. The second-order valence-corrected chi connectivity index (χ2v) is 9.78. The molecule has 31 heavy (non-hydrogen) atoms. The third kappa shape index (κ3) is 4.24. The van der Waals surface area contributed by atoms with Gasteiger partial charge >= 0.3 is 0 Å². The van der Waals surface area contributed by atoms with Crippen molar-refractivity contribution in [3.05, 3.63) is 59.5 Å². The molecule has 0 N–H and O–H groups in total. The molecular weight excluding hydrogens is 416 g/mol. The Kier molecular flexibility index (Phi) is 5.63. The molecule has 4 rings (SSSR count). The van der Waals surface area contributed by atoms with Gasteiger partial charge in [0.1, 0.15) is 0 Å². The highest BCUT2D eigenvalue weighted by Gasteiger charge is 2.27. The van der Waals surface area contributed by atoms with Crippen LogP contribution >= 0.6 is 0 Å². The van der Waals surface area contributed by atoms with Crippen LogP contribution in [0.3, 0.4) is 0 Å². The van der Waals surface area contributed by atoms with Gasteiger partial charge in [-0.3, -0.25) is 4.79 Å². The van der Waals surface area contributed by atoms with Gasteiger partial charge in [-0.05, 0) is 44.0 Å². The largest absolute Gasteiger partial charge is 0.338 e. The summed E-state index contributed by atoms with van der Waals surface area (Å²) in [6.07, 6.45) is 1.34. The van der Waals surface area contributed by atoms with Crippen LogP contribution in [0.2, 0.25) is 0 Å². The fraction of sp³-hybridized carbons (Fsp3) is 0.318. The number of aromatic nitrogens is 2. The number of carbonyl (C=O) groups excluding carboxylic acids is 1. The average Bonchev–Trinajstić information content (AvgIpc) is 3.37. The lowest BCUT2D eigenvalue weighted by Gasteiger charge is -2.20. The minimum Gasteiger partial charge on any atom is -0.338 e. The first-order chi connectivity index (χ1) is 14.8. The number of aryl methyl sites for hydroxylation is 2. The van der Waals surface area contributed by atoms with E-state index in [4.69, 9.17) is 4.52 Å². The van der Waals surface area contributed by atoms with E-state index in [0.29, 0.717) is 18.8 Å². The molecule has 0 atom stereocenters. The standard InChI is InChI=1S/C22H24N4O4S/c1-15-6-8-17(9-7-15)22-23-20(30-24-22)14-25(3)31(28,29)18-10-11-19(16(2)13-18)26-12-4-5-21(26)27/h6-11,13H,4-5,12,14H2,1-3H3. The first-order valence-corrected chi connectivity index (χ1v) is 11.5. The lowest BCUT2D eigenvalue weighted by Crippen LogP contribution is -2.27. The van der Waals surface area contributed by atoms with Crippen LogP contribution in [0.1, 0.15) is 29.9 Å². The molecule has 0 bridgehead atoms. The van der Waals surface area contributed by atoms with Crippen LogP contribution in [0.15, 0.2) is 51.9 Å². The van der Waals surface area contributed by atoms with Crippen LogP contribution in [0, 0.1) is 13.8 Å². The smallest absolute Gasteiger partial charge is 0.243 e. The molecule has 1 amide bonds. The van der Waals surface area contributed by atoms with E-state index in [1.54, 1.807) is 17.0 Å². The maximum atomic E-state index is 13.1. The number of nitrogens with zero attached hydrogens (tertiary/aromatic N) is 4. The van der Waals surface area contributed by atoms with Crippen molar-refractivity contribution < 1.29 is 17.7 Å². The van der Waals surface area contributed by atoms with E-state index >= 15 is 0 Å². The fourth-order valence-electron chi connectivity index (χ4n) is 3.59. The second-order valence-electron chi connectivity index (χ2n) is 7.74. The molecule has 162 valence electrons.